The number of rotatable bonds is 4. The number of hydrogen-bond donors (Lipinski definition) is 1. The van der Waals surface area contributed by atoms with Crippen molar-refractivity contribution >= 4 is 0 Å². The van der Waals surface area contributed by atoms with Crippen LogP contribution in [0.5, 0.6) is 0 Å². The van der Waals surface area contributed by atoms with Crippen LogP contribution in [0.15, 0.2) is 22.7 Å². The van der Waals surface area contributed by atoms with Gasteiger partial charge in [-0.05, 0) is 19.2 Å². The molecule has 0 aliphatic rings. The lowest BCUT2D eigenvalue weighted by atomic mass is 10.2. The zero-order chi connectivity index (χ0) is 12.3. The third-order valence-corrected chi connectivity index (χ3v) is 2.18. The number of likely N-dealkylation sites (N-methyl/N-ethyl adjacent to an activating group) is 1. The van der Waals surface area contributed by atoms with Crippen molar-refractivity contribution < 1.29 is 13.3 Å². The van der Waals surface area contributed by atoms with Gasteiger partial charge < -0.3 is 9.84 Å². The molecule has 0 amide bonds. The number of nitrogens with one attached hydrogen (secondary N) is 1. The summed E-state index contributed by atoms with van der Waals surface area (Å²) in [5.74, 6) is -0.724. The molecule has 90 valence electrons. The van der Waals surface area contributed by atoms with Crippen molar-refractivity contribution in [1.82, 2.24) is 15.5 Å². The fourth-order valence-corrected chi connectivity index (χ4v) is 1.39. The molecule has 0 radical (unpaired) electrons. The van der Waals surface area contributed by atoms with Crippen LogP contribution < -0.4 is 5.32 Å². The summed E-state index contributed by atoms with van der Waals surface area (Å²) in [6, 6.07) is 3.10. The van der Waals surface area contributed by atoms with E-state index in [2.05, 4.69) is 15.5 Å². The van der Waals surface area contributed by atoms with Gasteiger partial charge in [0.1, 0.15) is 11.6 Å². The predicted octanol–water partition coefficient (Wildman–Crippen LogP) is 1.78. The number of halogens is 2. The van der Waals surface area contributed by atoms with Crippen LogP contribution in [0.4, 0.5) is 8.78 Å². The first-order valence-corrected chi connectivity index (χ1v) is 5.12. The van der Waals surface area contributed by atoms with E-state index >= 15 is 0 Å². The SMILES string of the molecule is CNCCc1noc(-c2cc(F)cc(F)c2)n1. The fourth-order valence-electron chi connectivity index (χ4n) is 1.39. The summed E-state index contributed by atoms with van der Waals surface area (Å²) in [5, 5.41) is 6.66. The number of aromatic nitrogens is 2. The van der Waals surface area contributed by atoms with E-state index in [-0.39, 0.29) is 11.5 Å². The van der Waals surface area contributed by atoms with E-state index in [1.54, 1.807) is 0 Å². The zero-order valence-corrected chi connectivity index (χ0v) is 9.20. The normalized spacial score (nSPS) is 10.8. The zero-order valence-electron chi connectivity index (χ0n) is 9.20. The van der Waals surface area contributed by atoms with Gasteiger partial charge in [-0.15, -0.1) is 0 Å². The highest BCUT2D eigenvalue weighted by Crippen LogP contribution is 2.19. The van der Waals surface area contributed by atoms with Crippen LogP contribution in [0.1, 0.15) is 5.82 Å². The van der Waals surface area contributed by atoms with Gasteiger partial charge in [0.05, 0.1) is 0 Å². The summed E-state index contributed by atoms with van der Waals surface area (Å²) in [7, 11) is 1.81. The van der Waals surface area contributed by atoms with Crippen LogP contribution in [0.25, 0.3) is 11.5 Å². The topological polar surface area (TPSA) is 51.0 Å². The number of nitrogens with zero attached hydrogens (tertiary/aromatic N) is 2. The molecule has 0 aliphatic heterocycles. The van der Waals surface area contributed by atoms with E-state index in [0.29, 0.717) is 18.8 Å². The lowest BCUT2D eigenvalue weighted by molar-refractivity contribution is 0.421. The Morgan fingerprint density at radius 1 is 1.24 bits per heavy atom. The molecule has 0 bridgehead atoms. The molecular formula is C11H11F2N3O. The monoisotopic (exact) mass is 239 g/mol. The molecule has 0 aliphatic carbocycles. The number of benzene rings is 1. The maximum Gasteiger partial charge on any atom is 0.258 e. The van der Waals surface area contributed by atoms with Crippen molar-refractivity contribution in [2.24, 2.45) is 0 Å². The van der Waals surface area contributed by atoms with Crippen molar-refractivity contribution in [3.63, 3.8) is 0 Å². The Morgan fingerprint density at radius 2 is 1.94 bits per heavy atom. The molecule has 0 atom stereocenters. The van der Waals surface area contributed by atoms with E-state index in [1.807, 2.05) is 7.05 Å². The van der Waals surface area contributed by atoms with Crippen molar-refractivity contribution in [2.75, 3.05) is 13.6 Å². The molecule has 6 heteroatoms. The molecular weight excluding hydrogens is 228 g/mol. The quantitative estimate of drug-likeness (QED) is 0.883. The largest absolute Gasteiger partial charge is 0.334 e. The van der Waals surface area contributed by atoms with E-state index in [9.17, 15) is 8.78 Å². The molecule has 1 N–H and O–H groups in total. The van der Waals surface area contributed by atoms with Gasteiger partial charge in [0.15, 0.2) is 5.82 Å². The highest BCUT2D eigenvalue weighted by atomic mass is 19.1. The van der Waals surface area contributed by atoms with Crippen molar-refractivity contribution in [3.8, 4) is 11.5 Å². The van der Waals surface area contributed by atoms with E-state index in [1.165, 1.54) is 0 Å². The molecule has 4 nitrogen and oxygen atoms in total. The summed E-state index contributed by atoms with van der Waals surface area (Å²) in [6.07, 6.45) is 0.595. The van der Waals surface area contributed by atoms with Crippen molar-refractivity contribution in [2.45, 2.75) is 6.42 Å². The van der Waals surface area contributed by atoms with E-state index < -0.39 is 11.6 Å². The van der Waals surface area contributed by atoms with Gasteiger partial charge in [-0.2, -0.15) is 4.98 Å². The first kappa shape index (κ1) is 11.7. The Labute approximate surface area is 96.6 Å². The molecule has 2 rings (SSSR count). The highest BCUT2D eigenvalue weighted by molar-refractivity contribution is 5.52. The fraction of sp³-hybridized carbons (Fsp3) is 0.273. The summed E-state index contributed by atoms with van der Waals surface area (Å²) < 4.78 is 30.9. The first-order chi connectivity index (χ1) is 8.19. The van der Waals surface area contributed by atoms with Gasteiger partial charge >= 0.3 is 0 Å². The third kappa shape index (κ3) is 2.85. The second-order valence-electron chi connectivity index (χ2n) is 3.53. The van der Waals surface area contributed by atoms with E-state index in [4.69, 9.17) is 4.52 Å². The van der Waals surface area contributed by atoms with Crippen LogP contribution in [0.2, 0.25) is 0 Å². The lowest BCUT2D eigenvalue weighted by Gasteiger charge is -1.95. The third-order valence-electron chi connectivity index (χ3n) is 2.18. The average molecular weight is 239 g/mol. The lowest BCUT2D eigenvalue weighted by Crippen LogP contribution is -2.10. The van der Waals surface area contributed by atoms with Crippen LogP contribution >= 0.6 is 0 Å². The summed E-state index contributed by atoms with van der Waals surface area (Å²) in [4.78, 5) is 4.05. The van der Waals surface area contributed by atoms with Crippen molar-refractivity contribution in [3.05, 3.63) is 35.7 Å². The van der Waals surface area contributed by atoms with Crippen LogP contribution in [-0.4, -0.2) is 23.7 Å². The minimum absolute atomic E-state index is 0.120. The molecule has 0 saturated carbocycles. The molecule has 0 fully saturated rings. The summed E-state index contributed by atoms with van der Waals surface area (Å²) in [6.45, 7) is 0.705. The summed E-state index contributed by atoms with van der Waals surface area (Å²) >= 11 is 0. The number of hydrogen-bond acceptors (Lipinski definition) is 4. The first-order valence-electron chi connectivity index (χ1n) is 5.12. The molecule has 1 heterocycles. The predicted molar refractivity (Wildman–Crippen MR) is 57.3 cm³/mol. The Hall–Kier alpha value is -1.82. The van der Waals surface area contributed by atoms with Gasteiger partial charge in [0.2, 0.25) is 0 Å². The molecule has 1 aromatic carbocycles. The highest BCUT2D eigenvalue weighted by Gasteiger charge is 2.10. The van der Waals surface area contributed by atoms with Crippen LogP contribution in [0.3, 0.4) is 0 Å². The van der Waals surface area contributed by atoms with Crippen LogP contribution in [-0.2, 0) is 6.42 Å². The van der Waals surface area contributed by atoms with Gasteiger partial charge in [-0.1, -0.05) is 5.16 Å². The molecule has 0 spiro atoms. The van der Waals surface area contributed by atoms with Gasteiger partial charge in [0, 0.05) is 24.6 Å². The maximum atomic E-state index is 13.0. The minimum Gasteiger partial charge on any atom is -0.334 e. The standard InChI is InChI=1S/C11H11F2N3O/c1-14-3-2-10-15-11(17-16-10)7-4-8(12)6-9(13)5-7/h4-6,14H,2-3H2,1H3. The second kappa shape index (κ2) is 5.01. The van der Waals surface area contributed by atoms with Gasteiger partial charge in [-0.25, -0.2) is 8.78 Å². The Bertz CT molecular complexity index is 493. The summed E-state index contributed by atoms with van der Waals surface area (Å²) in [5.41, 5.74) is 0.241. The molecule has 1 aromatic heterocycles. The molecule has 0 saturated heterocycles. The van der Waals surface area contributed by atoms with Gasteiger partial charge in [-0.3, -0.25) is 0 Å². The molecule has 2 aromatic rings. The Morgan fingerprint density at radius 3 is 2.59 bits per heavy atom. The Balaban J connectivity index is 2.24. The molecule has 17 heavy (non-hydrogen) atoms. The van der Waals surface area contributed by atoms with Crippen LogP contribution in [0, 0.1) is 11.6 Å². The second-order valence-corrected chi connectivity index (χ2v) is 3.53. The van der Waals surface area contributed by atoms with Crippen molar-refractivity contribution in [1.29, 1.82) is 0 Å². The molecule has 0 unspecified atom stereocenters. The smallest absolute Gasteiger partial charge is 0.258 e. The van der Waals surface area contributed by atoms with E-state index in [0.717, 1.165) is 18.2 Å². The maximum absolute atomic E-state index is 13.0. The van der Waals surface area contributed by atoms with Gasteiger partial charge in [0.25, 0.3) is 5.89 Å². The average Bonchev–Trinajstić information content (AvgIpc) is 2.73. The minimum atomic E-state index is -0.671. The Kier molecular flexibility index (Phi) is 3.43.